The topological polar surface area (TPSA) is 115 Å². The maximum Gasteiger partial charge on any atom is 0.132 e. The maximum atomic E-state index is 10.1. The predicted molar refractivity (Wildman–Crippen MR) is 88.5 cm³/mol. The standard InChI is InChI=1S/C16H19N7O/c1-11-18-7-13(15(17)20-11)9-23-10-14(21-22-23)8-19-16(24)12-5-3-2-4-6-12/h2-7,10,16,19,24H,8-9H2,1H3,(H2,17,18,20). The molecule has 0 radical (unpaired) electrons. The molecule has 0 fully saturated rings. The quantitative estimate of drug-likeness (QED) is 0.574. The van der Waals surface area contributed by atoms with Crippen LogP contribution in [0, 0.1) is 6.92 Å². The number of nitrogen functional groups attached to an aromatic ring is 1. The molecule has 4 N–H and O–H groups in total. The summed E-state index contributed by atoms with van der Waals surface area (Å²) in [4.78, 5) is 8.27. The number of aliphatic hydroxyl groups excluding tert-OH is 1. The Kier molecular flexibility index (Phi) is 4.78. The van der Waals surface area contributed by atoms with Gasteiger partial charge in [0.1, 0.15) is 17.9 Å². The van der Waals surface area contributed by atoms with Crippen molar-refractivity contribution in [2.24, 2.45) is 0 Å². The predicted octanol–water partition coefficient (Wildman–Crippen LogP) is 0.788. The van der Waals surface area contributed by atoms with Gasteiger partial charge in [0.2, 0.25) is 0 Å². The number of hydrogen-bond acceptors (Lipinski definition) is 7. The van der Waals surface area contributed by atoms with Gasteiger partial charge >= 0.3 is 0 Å². The van der Waals surface area contributed by atoms with Crippen LogP contribution in [0.2, 0.25) is 0 Å². The summed E-state index contributed by atoms with van der Waals surface area (Å²) in [5.41, 5.74) is 8.19. The Labute approximate surface area is 139 Å². The van der Waals surface area contributed by atoms with E-state index in [-0.39, 0.29) is 0 Å². The molecule has 0 saturated heterocycles. The minimum atomic E-state index is -0.752. The van der Waals surface area contributed by atoms with E-state index in [2.05, 4.69) is 25.6 Å². The van der Waals surface area contributed by atoms with Crippen molar-refractivity contribution in [1.82, 2.24) is 30.3 Å². The lowest BCUT2D eigenvalue weighted by Crippen LogP contribution is -2.20. The maximum absolute atomic E-state index is 10.1. The van der Waals surface area contributed by atoms with E-state index >= 15 is 0 Å². The average Bonchev–Trinajstić information content (AvgIpc) is 3.03. The first kappa shape index (κ1) is 16.0. The van der Waals surface area contributed by atoms with Gasteiger partial charge in [-0.15, -0.1) is 5.10 Å². The highest BCUT2D eigenvalue weighted by Crippen LogP contribution is 2.11. The number of rotatable bonds is 6. The molecule has 8 nitrogen and oxygen atoms in total. The van der Waals surface area contributed by atoms with Crippen LogP contribution in [0.15, 0.2) is 42.7 Å². The van der Waals surface area contributed by atoms with Crippen LogP contribution < -0.4 is 11.1 Å². The molecule has 1 atom stereocenters. The smallest absolute Gasteiger partial charge is 0.132 e. The molecule has 3 aromatic rings. The van der Waals surface area contributed by atoms with E-state index in [1.54, 1.807) is 24.0 Å². The summed E-state index contributed by atoms with van der Waals surface area (Å²) < 4.78 is 1.66. The number of aliphatic hydroxyl groups is 1. The summed E-state index contributed by atoms with van der Waals surface area (Å²) in [6, 6.07) is 9.38. The van der Waals surface area contributed by atoms with Gasteiger partial charge in [-0.1, -0.05) is 35.5 Å². The number of benzene rings is 1. The second kappa shape index (κ2) is 7.16. The van der Waals surface area contributed by atoms with Crippen LogP contribution in [0.3, 0.4) is 0 Å². The molecule has 0 saturated carbocycles. The lowest BCUT2D eigenvalue weighted by Gasteiger charge is -2.11. The third kappa shape index (κ3) is 3.92. The molecule has 0 aliphatic heterocycles. The molecule has 0 aliphatic carbocycles. The number of hydrogen-bond donors (Lipinski definition) is 3. The summed E-state index contributed by atoms with van der Waals surface area (Å²) in [6.45, 7) is 2.63. The van der Waals surface area contributed by atoms with Crippen molar-refractivity contribution in [2.45, 2.75) is 26.2 Å². The first-order valence-corrected chi connectivity index (χ1v) is 7.55. The minimum absolute atomic E-state index is 0.399. The fourth-order valence-electron chi connectivity index (χ4n) is 2.26. The highest BCUT2D eigenvalue weighted by Gasteiger charge is 2.09. The summed E-state index contributed by atoms with van der Waals surface area (Å²) in [7, 11) is 0. The second-order valence-corrected chi connectivity index (χ2v) is 5.43. The number of nitrogens with one attached hydrogen (secondary N) is 1. The Balaban J connectivity index is 1.59. The van der Waals surface area contributed by atoms with Crippen molar-refractivity contribution in [2.75, 3.05) is 5.73 Å². The third-order valence-corrected chi connectivity index (χ3v) is 3.53. The molecule has 124 valence electrons. The second-order valence-electron chi connectivity index (χ2n) is 5.43. The van der Waals surface area contributed by atoms with Gasteiger partial charge in [-0.2, -0.15) is 0 Å². The van der Waals surface area contributed by atoms with Crippen molar-refractivity contribution >= 4 is 5.82 Å². The average molecular weight is 325 g/mol. The summed E-state index contributed by atoms with van der Waals surface area (Å²) >= 11 is 0. The first-order valence-electron chi connectivity index (χ1n) is 7.55. The lowest BCUT2D eigenvalue weighted by molar-refractivity contribution is 0.136. The first-order chi connectivity index (χ1) is 11.6. The summed E-state index contributed by atoms with van der Waals surface area (Å²) in [5.74, 6) is 1.08. The summed E-state index contributed by atoms with van der Waals surface area (Å²) in [6.07, 6.45) is 2.73. The van der Waals surface area contributed by atoms with Gasteiger partial charge in [0.05, 0.1) is 18.4 Å². The van der Waals surface area contributed by atoms with E-state index < -0.39 is 6.23 Å². The molecule has 1 aromatic carbocycles. The van der Waals surface area contributed by atoms with E-state index in [1.165, 1.54) is 0 Å². The van der Waals surface area contributed by atoms with Crippen molar-refractivity contribution in [3.05, 3.63) is 65.4 Å². The van der Waals surface area contributed by atoms with Gasteiger partial charge in [0.25, 0.3) is 0 Å². The van der Waals surface area contributed by atoms with Crippen molar-refractivity contribution in [1.29, 1.82) is 0 Å². The molecule has 1 unspecified atom stereocenters. The highest BCUT2D eigenvalue weighted by molar-refractivity contribution is 5.37. The molecular weight excluding hydrogens is 306 g/mol. The zero-order valence-corrected chi connectivity index (χ0v) is 13.3. The van der Waals surface area contributed by atoms with E-state index in [0.29, 0.717) is 24.7 Å². The van der Waals surface area contributed by atoms with Gasteiger partial charge < -0.3 is 10.8 Å². The Bertz CT molecular complexity index is 803. The fraction of sp³-hybridized carbons (Fsp3) is 0.250. The van der Waals surface area contributed by atoms with Gasteiger partial charge in [0, 0.05) is 18.3 Å². The van der Waals surface area contributed by atoms with E-state index in [0.717, 1.165) is 16.8 Å². The van der Waals surface area contributed by atoms with Crippen LogP contribution in [0.25, 0.3) is 0 Å². The molecule has 0 aliphatic rings. The fourth-order valence-corrected chi connectivity index (χ4v) is 2.26. The van der Waals surface area contributed by atoms with Crippen molar-refractivity contribution in [3.8, 4) is 0 Å². The number of nitrogens with two attached hydrogens (primary N) is 1. The van der Waals surface area contributed by atoms with Crippen molar-refractivity contribution in [3.63, 3.8) is 0 Å². The monoisotopic (exact) mass is 325 g/mol. The minimum Gasteiger partial charge on any atom is -0.383 e. The number of aryl methyl sites for hydroxylation is 1. The molecule has 0 spiro atoms. The molecular formula is C16H19N7O. The highest BCUT2D eigenvalue weighted by atomic mass is 16.3. The van der Waals surface area contributed by atoms with E-state index in [9.17, 15) is 5.11 Å². The number of aromatic nitrogens is 5. The largest absolute Gasteiger partial charge is 0.383 e. The Morgan fingerprint density at radius 2 is 2.08 bits per heavy atom. The molecule has 3 rings (SSSR count). The van der Waals surface area contributed by atoms with Crippen LogP contribution >= 0.6 is 0 Å². The van der Waals surface area contributed by atoms with Gasteiger partial charge in [0.15, 0.2) is 0 Å². The number of anilines is 1. The van der Waals surface area contributed by atoms with E-state index in [4.69, 9.17) is 5.73 Å². The third-order valence-electron chi connectivity index (χ3n) is 3.53. The molecule has 0 amide bonds. The van der Waals surface area contributed by atoms with Crippen molar-refractivity contribution < 1.29 is 5.11 Å². The molecule has 0 bridgehead atoms. The normalized spacial score (nSPS) is 12.2. The lowest BCUT2D eigenvalue weighted by atomic mass is 10.2. The van der Waals surface area contributed by atoms with Crippen LogP contribution in [-0.4, -0.2) is 30.1 Å². The van der Waals surface area contributed by atoms with Crippen LogP contribution in [0.4, 0.5) is 5.82 Å². The van der Waals surface area contributed by atoms with Gasteiger partial charge in [-0.25, -0.2) is 14.6 Å². The molecule has 2 aromatic heterocycles. The van der Waals surface area contributed by atoms with Gasteiger partial charge in [-0.05, 0) is 12.5 Å². The summed E-state index contributed by atoms with van der Waals surface area (Å²) in [5, 5.41) is 21.2. The molecule has 8 heteroatoms. The van der Waals surface area contributed by atoms with Crippen LogP contribution in [-0.2, 0) is 13.1 Å². The van der Waals surface area contributed by atoms with Crippen LogP contribution in [0.1, 0.15) is 28.9 Å². The number of nitrogens with zero attached hydrogens (tertiary/aromatic N) is 5. The van der Waals surface area contributed by atoms with Gasteiger partial charge in [-0.3, -0.25) is 5.32 Å². The Morgan fingerprint density at radius 1 is 1.29 bits per heavy atom. The molecule has 2 heterocycles. The van der Waals surface area contributed by atoms with E-state index in [1.807, 2.05) is 30.3 Å². The SMILES string of the molecule is Cc1ncc(Cn2cc(CNC(O)c3ccccc3)nn2)c(N)n1. The Morgan fingerprint density at radius 3 is 2.83 bits per heavy atom. The van der Waals surface area contributed by atoms with Crippen LogP contribution in [0.5, 0.6) is 0 Å². The zero-order valence-electron chi connectivity index (χ0n) is 13.3. The molecule has 24 heavy (non-hydrogen) atoms. The zero-order chi connectivity index (χ0) is 16.9. The Hall–Kier alpha value is -2.84.